The molecule has 0 N–H and O–H groups in total. The molecule has 0 atom stereocenters. The van der Waals surface area contributed by atoms with E-state index in [9.17, 15) is 4.79 Å². The van der Waals surface area contributed by atoms with Crippen molar-refractivity contribution in [1.29, 1.82) is 0 Å². The summed E-state index contributed by atoms with van der Waals surface area (Å²) in [4.78, 5) is 10.3. The van der Waals surface area contributed by atoms with Crippen molar-refractivity contribution in [3.05, 3.63) is 23.9 Å². The van der Waals surface area contributed by atoms with E-state index in [4.69, 9.17) is 0 Å². The third-order valence-electron chi connectivity index (χ3n) is 1.94. The number of carbonyl (C=O) groups excluding carboxylic acids is 1. The van der Waals surface area contributed by atoms with Gasteiger partial charge in [-0.2, -0.15) is 0 Å². The van der Waals surface area contributed by atoms with Crippen molar-refractivity contribution in [2.45, 2.75) is 32.6 Å². The van der Waals surface area contributed by atoms with Gasteiger partial charge in [0.05, 0.1) is 6.61 Å². The third-order valence-corrected chi connectivity index (χ3v) is 2.85. The Labute approximate surface area is 89.5 Å². The molecule has 1 aliphatic carbocycles. The Balaban J connectivity index is 0.000000280. The highest BCUT2D eigenvalue weighted by molar-refractivity contribution is 6.22. The second kappa shape index (κ2) is 8.75. The number of unbranched alkanes of at least 4 members (excludes halogenated alkanes) is 1. The minimum atomic E-state index is -0.330. The molecule has 0 heterocycles. The van der Waals surface area contributed by atoms with E-state index in [1.54, 1.807) is 5.20 Å². The smallest absolute Gasteiger partial charge is 0.330 e. The van der Waals surface area contributed by atoms with Crippen LogP contribution in [0, 0.1) is 0 Å². The molecule has 0 saturated heterocycles. The maximum Gasteiger partial charge on any atom is 0.330 e. The lowest BCUT2D eigenvalue weighted by molar-refractivity contribution is -0.137. The van der Waals surface area contributed by atoms with Gasteiger partial charge in [-0.05, 0) is 19.3 Å². The quantitative estimate of drug-likeness (QED) is 0.306. The molecule has 0 radical (unpaired) electrons. The van der Waals surface area contributed by atoms with Crippen molar-refractivity contribution >= 4 is 16.2 Å². The molecule has 0 aromatic rings. The number of carbonyl (C=O) groups is 1. The summed E-state index contributed by atoms with van der Waals surface area (Å²) in [5.74, 6) is -0.330. The van der Waals surface area contributed by atoms with Gasteiger partial charge < -0.3 is 4.74 Å². The van der Waals surface area contributed by atoms with Crippen molar-refractivity contribution in [1.82, 2.24) is 0 Å². The van der Waals surface area contributed by atoms with Gasteiger partial charge in [0.2, 0.25) is 0 Å². The highest BCUT2D eigenvalue weighted by Gasteiger charge is 1.94. The van der Waals surface area contributed by atoms with Crippen LogP contribution in [-0.4, -0.2) is 22.8 Å². The molecule has 2 nitrogen and oxygen atoms in total. The van der Waals surface area contributed by atoms with Gasteiger partial charge in [0.25, 0.3) is 0 Å². The first-order valence-electron chi connectivity index (χ1n) is 5.15. The van der Waals surface area contributed by atoms with Crippen LogP contribution in [-0.2, 0) is 9.53 Å². The molecule has 3 heteroatoms. The van der Waals surface area contributed by atoms with Crippen LogP contribution >= 0.6 is 0 Å². The SMILES string of the molecule is C=CC(=O)OCCCC.[SiH3]C1=CCC1. The lowest BCUT2D eigenvalue weighted by Gasteiger charge is -2.05. The van der Waals surface area contributed by atoms with Crippen molar-refractivity contribution in [2.24, 2.45) is 0 Å². The fourth-order valence-electron chi connectivity index (χ4n) is 0.809. The summed E-state index contributed by atoms with van der Waals surface area (Å²) < 4.78 is 4.67. The monoisotopic (exact) mass is 212 g/mol. The van der Waals surface area contributed by atoms with E-state index in [1.165, 1.54) is 29.2 Å². The number of esters is 1. The summed E-state index contributed by atoms with van der Waals surface area (Å²) in [6, 6.07) is 0. The van der Waals surface area contributed by atoms with Gasteiger partial charge in [-0.25, -0.2) is 4.79 Å². The van der Waals surface area contributed by atoms with E-state index in [0.717, 1.165) is 12.8 Å². The molecule has 0 bridgehead atoms. The Morgan fingerprint density at radius 2 is 2.36 bits per heavy atom. The predicted octanol–water partition coefficient (Wildman–Crippen LogP) is 1.55. The van der Waals surface area contributed by atoms with E-state index in [-0.39, 0.29) is 5.97 Å². The Kier molecular flexibility index (Phi) is 8.23. The summed E-state index contributed by atoms with van der Waals surface area (Å²) in [6.45, 7) is 5.82. The normalized spacial score (nSPS) is 13.1. The average molecular weight is 212 g/mol. The minimum Gasteiger partial charge on any atom is -0.463 e. The van der Waals surface area contributed by atoms with Crippen LogP contribution in [0.5, 0.6) is 0 Å². The molecule has 0 unspecified atom stereocenters. The zero-order valence-electron chi connectivity index (χ0n) is 9.21. The molecule has 1 rings (SSSR count). The summed E-state index contributed by atoms with van der Waals surface area (Å²) >= 11 is 0. The molecule has 0 aromatic heterocycles. The van der Waals surface area contributed by atoms with Crippen LogP contribution in [0.4, 0.5) is 0 Å². The second-order valence-electron chi connectivity index (χ2n) is 3.31. The molecule has 0 aliphatic heterocycles. The van der Waals surface area contributed by atoms with Gasteiger partial charge in [-0.1, -0.05) is 31.2 Å². The summed E-state index contributed by atoms with van der Waals surface area (Å²) in [5, 5.41) is 1.70. The molecule has 0 aromatic carbocycles. The van der Waals surface area contributed by atoms with E-state index in [0.29, 0.717) is 6.61 Å². The number of rotatable bonds is 4. The van der Waals surface area contributed by atoms with Gasteiger partial charge in [-0.15, -0.1) is 0 Å². The van der Waals surface area contributed by atoms with Gasteiger partial charge >= 0.3 is 5.97 Å². The lowest BCUT2D eigenvalue weighted by Crippen LogP contribution is -2.00. The molecular formula is C11H20O2Si. The zero-order chi connectivity index (χ0) is 10.8. The van der Waals surface area contributed by atoms with Crippen molar-refractivity contribution in [3.8, 4) is 0 Å². The van der Waals surface area contributed by atoms with Gasteiger partial charge in [0.1, 0.15) is 0 Å². The van der Waals surface area contributed by atoms with Crippen molar-refractivity contribution in [3.63, 3.8) is 0 Å². The highest BCUT2D eigenvalue weighted by atomic mass is 28.1. The minimum absolute atomic E-state index is 0.330. The Hall–Kier alpha value is -0.833. The predicted molar refractivity (Wildman–Crippen MR) is 63.3 cm³/mol. The highest BCUT2D eigenvalue weighted by Crippen LogP contribution is 2.12. The van der Waals surface area contributed by atoms with Gasteiger partial charge in [0.15, 0.2) is 0 Å². The molecule has 0 saturated carbocycles. The topological polar surface area (TPSA) is 26.3 Å². The Morgan fingerprint density at radius 3 is 2.64 bits per heavy atom. The lowest BCUT2D eigenvalue weighted by atomic mass is 10.1. The standard InChI is InChI=1S/C7H12O2.C4H8Si/c1-3-5-6-9-7(8)4-2;5-4-2-1-3-4/h4H,2-3,5-6H2,1H3;2H,1,3H2,5H3. The van der Waals surface area contributed by atoms with E-state index in [1.807, 2.05) is 6.92 Å². The van der Waals surface area contributed by atoms with Crippen LogP contribution in [0.15, 0.2) is 23.9 Å². The molecule has 0 spiro atoms. The van der Waals surface area contributed by atoms with Crippen molar-refractivity contribution < 1.29 is 9.53 Å². The average Bonchev–Trinajstić information content (AvgIpc) is 2.16. The van der Waals surface area contributed by atoms with Gasteiger partial charge in [-0.3, -0.25) is 0 Å². The van der Waals surface area contributed by atoms with Crippen LogP contribution < -0.4 is 0 Å². The molecule has 1 aliphatic rings. The first-order chi connectivity index (χ1) is 6.70. The molecule has 14 heavy (non-hydrogen) atoms. The first-order valence-corrected chi connectivity index (χ1v) is 6.15. The van der Waals surface area contributed by atoms with Crippen LogP contribution in [0.2, 0.25) is 0 Å². The molecule has 0 fully saturated rings. The van der Waals surface area contributed by atoms with Crippen LogP contribution in [0.25, 0.3) is 0 Å². The van der Waals surface area contributed by atoms with Crippen LogP contribution in [0.1, 0.15) is 32.6 Å². The van der Waals surface area contributed by atoms with Crippen molar-refractivity contribution in [2.75, 3.05) is 6.61 Å². The van der Waals surface area contributed by atoms with E-state index in [2.05, 4.69) is 17.4 Å². The summed E-state index contributed by atoms with van der Waals surface area (Å²) in [6.07, 6.45) is 8.25. The zero-order valence-corrected chi connectivity index (χ0v) is 11.2. The van der Waals surface area contributed by atoms with E-state index < -0.39 is 0 Å². The Morgan fingerprint density at radius 1 is 1.79 bits per heavy atom. The number of ether oxygens (including phenoxy) is 1. The number of allylic oxidation sites excluding steroid dienone is 2. The largest absolute Gasteiger partial charge is 0.463 e. The van der Waals surface area contributed by atoms with Gasteiger partial charge in [0, 0.05) is 16.3 Å². The van der Waals surface area contributed by atoms with Crippen LogP contribution in [0.3, 0.4) is 0 Å². The Bertz CT molecular complexity index is 209. The first kappa shape index (κ1) is 13.2. The number of hydrogen-bond acceptors (Lipinski definition) is 2. The third kappa shape index (κ3) is 7.80. The molecular weight excluding hydrogens is 192 g/mol. The summed E-state index contributed by atoms with van der Waals surface area (Å²) in [5.41, 5.74) is 0. The number of hydrogen-bond donors (Lipinski definition) is 0. The fourth-order valence-corrected chi connectivity index (χ4v) is 1.39. The fraction of sp³-hybridized carbons (Fsp3) is 0.545. The van der Waals surface area contributed by atoms with E-state index >= 15 is 0 Å². The molecule has 80 valence electrons. The summed E-state index contributed by atoms with van der Waals surface area (Å²) in [7, 11) is 1.32. The maximum atomic E-state index is 10.3. The maximum absolute atomic E-state index is 10.3. The second-order valence-corrected chi connectivity index (χ2v) is 4.60. The molecule has 0 amide bonds.